The summed E-state index contributed by atoms with van der Waals surface area (Å²) in [5.74, 6) is 2.70. The number of hydrogen-bond acceptors (Lipinski definition) is 3. The highest BCUT2D eigenvalue weighted by atomic mass is 16.5. The Kier molecular flexibility index (Phi) is 2.93. The molecule has 0 bridgehead atoms. The van der Waals surface area contributed by atoms with Gasteiger partial charge in [-0.15, -0.1) is 6.42 Å². The molecule has 0 unspecified atom stereocenters. The van der Waals surface area contributed by atoms with Gasteiger partial charge in [-0.25, -0.2) is 0 Å². The van der Waals surface area contributed by atoms with Crippen molar-refractivity contribution in [1.29, 1.82) is 0 Å². The van der Waals surface area contributed by atoms with Gasteiger partial charge in [0.05, 0.1) is 5.56 Å². The van der Waals surface area contributed by atoms with Crippen LogP contribution in [0.25, 0.3) is 0 Å². The first-order chi connectivity index (χ1) is 6.27. The number of phenolic OH excluding ortho intramolecular Hbond substituents is 1. The predicted octanol–water partition coefficient (Wildman–Crippen LogP) is 1.22. The zero-order valence-corrected chi connectivity index (χ0v) is 6.86. The molecule has 0 aliphatic carbocycles. The standard InChI is InChI=1S/C10H8O3/c1-2-5-13-9-3-4-10(12)8(6-9)7-11/h1,3-4,6-7,12H,5H2. The Morgan fingerprint density at radius 2 is 2.38 bits per heavy atom. The number of rotatable bonds is 3. The first-order valence-corrected chi connectivity index (χ1v) is 3.62. The van der Waals surface area contributed by atoms with Crippen LogP contribution in [0.2, 0.25) is 0 Å². The second-order valence-electron chi connectivity index (χ2n) is 2.33. The summed E-state index contributed by atoms with van der Waals surface area (Å²) in [4.78, 5) is 10.4. The number of hydrogen-bond donors (Lipinski definition) is 1. The van der Waals surface area contributed by atoms with Crippen LogP contribution in [0.1, 0.15) is 10.4 Å². The molecule has 13 heavy (non-hydrogen) atoms. The molecule has 0 heterocycles. The van der Waals surface area contributed by atoms with Crippen LogP contribution < -0.4 is 4.74 Å². The van der Waals surface area contributed by atoms with Gasteiger partial charge < -0.3 is 9.84 Å². The summed E-state index contributed by atoms with van der Waals surface area (Å²) >= 11 is 0. The fourth-order valence-electron chi connectivity index (χ4n) is 0.842. The van der Waals surface area contributed by atoms with Gasteiger partial charge in [0.1, 0.15) is 18.1 Å². The molecular formula is C10H8O3. The second-order valence-corrected chi connectivity index (χ2v) is 2.33. The van der Waals surface area contributed by atoms with Gasteiger partial charge in [-0.3, -0.25) is 4.79 Å². The predicted molar refractivity (Wildman–Crippen MR) is 47.8 cm³/mol. The number of ether oxygens (including phenoxy) is 1. The molecule has 0 atom stereocenters. The molecule has 1 rings (SSSR count). The minimum atomic E-state index is -0.0666. The van der Waals surface area contributed by atoms with E-state index in [1.807, 2.05) is 0 Å². The highest BCUT2D eigenvalue weighted by Gasteiger charge is 2.01. The van der Waals surface area contributed by atoms with Crippen molar-refractivity contribution in [2.75, 3.05) is 6.61 Å². The molecular weight excluding hydrogens is 168 g/mol. The summed E-state index contributed by atoms with van der Waals surface area (Å²) in [6.07, 6.45) is 5.54. The minimum Gasteiger partial charge on any atom is -0.507 e. The van der Waals surface area contributed by atoms with Crippen molar-refractivity contribution >= 4 is 6.29 Å². The van der Waals surface area contributed by atoms with Crippen LogP contribution in [-0.2, 0) is 0 Å². The van der Waals surface area contributed by atoms with Crippen molar-refractivity contribution in [3.8, 4) is 23.8 Å². The van der Waals surface area contributed by atoms with Gasteiger partial charge in [-0.1, -0.05) is 5.92 Å². The monoisotopic (exact) mass is 176 g/mol. The number of benzene rings is 1. The molecule has 1 aromatic carbocycles. The third kappa shape index (κ3) is 2.24. The summed E-state index contributed by atoms with van der Waals surface area (Å²) in [7, 11) is 0. The van der Waals surface area contributed by atoms with Gasteiger partial charge in [0.25, 0.3) is 0 Å². The van der Waals surface area contributed by atoms with E-state index in [1.165, 1.54) is 12.1 Å². The van der Waals surface area contributed by atoms with Crippen molar-refractivity contribution < 1.29 is 14.6 Å². The molecule has 66 valence electrons. The zero-order valence-electron chi connectivity index (χ0n) is 6.86. The van der Waals surface area contributed by atoms with Gasteiger partial charge >= 0.3 is 0 Å². The molecule has 3 heteroatoms. The van der Waals surface area contributed by atoms with Gasteiger partial charge in [0.2, 0.25) is 0 Å². The van der Waals surface area contributed by atoms with Crippen LogP contribution in [0.15, 0.2) is 18.2 Å². The normalized spacial score (nSPS) is 8.85. The van der Waals surface area contributed by atoms with E-state index < -0.39 is 0 Å². The Balaban J connectivity index is 2.87. The first-order valence-electron chi connectivity index (χ1n) is 3.62. The highest BCUT2D eigenvalue weighted by Crippen LogP contribution is 2.20. The maximum atomic E-state index is 10.4. The van der Waals surface area contributed by atoms with E-state index in [9.17, 15) is 4.79 Å². The minimum absolute atomic E-state index is 0.0666. The molecule has 0 radical (unpaired) electrons. The van der Waals surface area contributed by atoms with E-state index >= 15 is 0 Å². The Morgan fingerprint density at radius 1 is 1.62 bits per heavy atom. The average Bonchev–Trinajstić information content (AvgIpc) is 2.16. The van der Waals surface area contributed by atoms with Crippen LogP contribution in [-0.4, -0.2) is 18.0 Å². The topological polar surface area (TPSA) is 46.5 Å². The number of carbonyl (C=O) groups excluding carboxylic acids is 1. The van der Waals surface area contributed by atoms with Gasteiger partial charge in [0.15, 0.2) is 6.29 Å². The molecule has 0 saturated carbocycles. The molecule has 0 aromatic heterocycles. The number of carbonyl (C=O) groups is 1. The van der Waals surface area contributed by atoms with Crippen molar-refractivity contribution in [2.24, 2.45) is 0 Å². The van der Waals surface area contributed by atoms with Gasteiger partial charge in [-0.05, 0) is 18.2 Å². The van der Waals surface area contributed by atoms with Crippen LogP contribution in [0.4, 0.5) is 0 Å². The molecule has 3 nitrogen and oxygen atoms in total. The van der Waals surface area contributed by atoms with E-state index in [1.54, 1.807) is 6.07 Å². The van der Waals surface area contributed by atoms with Gasteiger partial charge in [0, 0.05) is 0 Å². The second kappa shape index (κ2) is 4.17. The number of aromatic hydroxyl groups is 1. The van der Waals surface area contributed by atoms with E-state index in [2.05, 4.69) is 5.92 Å². The SMILES string of the molecule is C#CCOc1ccc(O)c(C=O)c1. The summed E-state index contributed by atoms with van der Waals surface area (Å²) in [6, 6.07) is 4.36. The lowest BCUT2D eigenvalue weighted by atomic mass is 10.2. The van der Waals surface area contributed by atoms with Crippen molar-refractivity contribution in [3.63, 3.8) is 0 Å². The molecule has 0 spiro atoms. The molecule has 0 aliphatic rings. The van der Waals surface area contributed by atoms with Gasteiger partial charge in [-0.2, -0.15) is 0 Å². The van der Waals surface area contributed by atoms with E-state index in [0.717, 1.165) is 0 Å². The highest BCUT2D eigenvalue weighted by molar-refractivity contribution is 5.79. The molecule has 1 N–H and O–H groups in total. The largest absolute Gasteiger partial charge is 0.507 e. The Labute approximate surface area is 76.0 Å². The molecule has 0 fully saturated rings. The molecule has 0 amide bonds. The summed E-state index contributed by atoms with van der Waals surface area (Å²) in [6.45, 7) is 0.142. The lowest BCUT2D eigenvalue weighted by molar-refractivity contribution is 0.112. The van der Waals surface area contributed by atoms with Crippen molar-refractivity contribution in [1.82, 2.24) is 0 Å². The summed E-state index contributed by atoms with van der Waals surface area (Å²) in [5.41, 5.74) is 0.189. The van der Waals surface area contributed by atoms with E-state index in [4.69, 9.17) is 16.3 Å². The number of terminal acetylenes is 1. The smallest absolute Gasteiger partial charge is 0.153 e. The lowest BCUT2D eigenvalue weighted by Gasteiger charge is -2.03. The zero-order chi connectivity index (χ0) is 9.68. The van der Waals surface area contributed by atoms with Crippen molar-refractivity contribution in [3.05, 3.63) is 23.8 Å². The average molecular weight is 176 g/mol. The summed E-state index contributed by atoms with van der Waals surface area (Å²) < 4.78 is 5.05. The maximum Gasteiger partial charge on any atom is 0.153 e. The molecule has 0 saturated heterocycles. The Morgan fingerprint density at radius 3 is 3.00 bits per heavy atom. The Bertz CT molecular complexity index is 350. The fourth-order valence-corrected chi connectivity index (χ4v) is 0.842. The fraction of sp³-hybridized carbons (Fsp3) is 0.100. The van der Waals surface area contributed by atoms with Crippen LogP contribution in [0.3, 0.4) is 0 Å². The van der Waals surface area contributed by atoms with Crippen LogP contribution in [0.5, 0.6) is 11.5 Å². The Hall–Kier alpha value is -1.95. The van der Waals surface area contributed by atoms with E-state index in [-0.39, 0.29) is 17.9 Å². The van der Waals surface area contributed by atoms with Crippen molar-refractivity contribution in [2.45, 2.75) is 0 Å². The first kappa shape index (κ1) is 9.14. The number of phenols is 1. The van der Waals surface area contributed by atoms with Crippen LogP contribution in [0, 0.1) is 12.3 Å². The molecule has 1 aromatic rings. The third-order valence-corrected chi connectivity index (χ3v) is 1.45. The maximum absolute atomic E-state index is 10.4. The number of aldehydes is 1. The van der Waals surface area contributed by atoms with Crippen LogP contribution >= 0.6 is 0 Å². The van der Waals surface area contributed by atoms with E-state index in [0.29, 0.717) is 12.0 Å². The quantitative estimate of drug-likeness (QED) is 0.556. The summed E-state index contributed by atoms with van der Waals surface area (Å²) in [5, 5.41) is 9.13. The lowest BCUT2D eigenvalue weighted by Crippen LogP contribution is -1.94. The molecule has 0 aliphatic heterocycles. The third-order valence-electron chi connectivity index (χ3n) is 1.45.